The highest BCUT2D eigenvalue weighted by Gasteiger charge is 2.20. The van der Waals surface area contributed by atoms with Gasteiger partial charge in [0.2, 0.25) is 0 Å². The Morgan fingerprint density at radius 3 is 2.79 bits per heavy atom. The van der Waals surface area contributed by atoms with Gasteiger partial charge in [0.25, 0.3) is 0 Å². The van der Waals surface area contributed by atoms with Crippen molar-refractivity contribution in [2.75, 3.05) is 6.61 Å². The number of rotatable bonds is 3. The monoisotopic (exact) mass is 322 g/mol. The predicted octanol–water partition coefficient (Wildman–Crippen LogP) is 3.43. The van der Waals surface area contributed by atoms with Crippen LogP contribution in [-0.4, -0.2) is 22.4 Å². The van der Waals surface area contributed by atoms with Gasteiger partial charge in [0.1, 0.15) is 5.56 Å². The molecule has 0 saturated heterocycles. The lowest BCUT2D eigenvalue weighted by molar-refractivity contribution is 0.0524. The van der Waals surface area contributed by atoms with Crippen molar-refractivity contribution in [2.45, 2.75) is 20.8 Å². The molecule has 0 amide bonds. The predicted molar refractivity (Wildman–Crippen MR) is 76.7 cm³/mol. The molecule has 1 aromatic heterocycles. The van der Waals surface area contributed by atoms with E-state index in [0.717, 1.165) is 15.9 Å². The Kier molecular flexibility index (Phi) is 4.04. The maximum Gasteiger partial charge on any atom is 0.341 e. The number of hydrogen-bond donors (Lipinski definition) is 0. The van der Waals surface area contributed by atoms with Crippen molar-refractivity contribution in [2.24, 2.45) is 0 Å². The minimum absolute atomic E-state index is 0.321. The van der Waals surface area contributed by atoms with E-state index in [1.807, 2.05) is 38.1 Å². The molecule has 0 atom stereocenters. The van der Waals surface area contributed by atoms with Gasteiger partial charge in [0.05, 0.1) is 23.7 Å². The molecule has 0 radical (unpaired) electrons. The number of ether oxygens (including phenoxy) is 1. The van der Waals surface area contributed by atoms with E-state index in [1.165, 1.54) is 0 Å². The van der Waals surface area contributed by atoms with Crippen LogP contribution < -0.4 is 0 Å². The summed E-state index contributed by atoms with van der Waals surface area (Å²) < 4.78 is 7.79. The summed E-state index contributed by atoms with van der Waals surface area (Å²) in [6, 6.07) is 7.77. The summed E-state index contributed by atoms with van der Waals surface area (Å²) in [6.07, 6.45) is 0. The normalized spacial score (nSPS) is 10.5. The molecule has 0 unspecified atom stereocenters. The van der Waals surface area contributed by atoms with E-state index in [-0.39, 0.29) is 5.97 Å². The van der Waals surface area contributed by atoms with Crippen LogP contribution in [-0.2, 0) is 4.74 Å². The molecule has 0 saturated carbocycles. The molecule has 19 heavy (non-hydrogen) atoms. The molecule has 0 fully saturated rings. The van der Waals surface area contributed by atoms with E-state index in [1.54, 1.807) is 11.6 Å². The Labute approximate surface area is 120 Å². The van der Waals surface area contributed by atoms with Crippen LogP contribution in [0, 0.1) is 13.8 Å². The average molecular weight is 323 g/mol. The summed E-state index contributed by atoms with van der Waals surface area (Å²) in [6.45, 7) is 5.84. The fourth-order valence-electron chi connectivity index (χ4n) is 2.00. The lowest BCUT2D eigenvalue weighted by Crippen LogP contribution is -2.07. The largest absolute Gasteiger partial charge is 0.462 e. The zero-order chi connectivity index (χ0) is 14.0. The van der Waals surface area contributed by atoms with Crippen molar-refractivity contribution >= 4 is 21.9 Å². The Bertz CT molecular complexity index is 620. The Morgan fingerprint density at radius 1 is 1.42 bits per heavy atom. The third-order valence-electron chi connectivity index (χ3n) is 2.82. The average Bonchev–Trinajstić information content (AvgIpc) is 2.65. The van der Waals surface area contributed by atoms with Gasteiger partial charge in [-0.05, 0) is 39.0 Å². The lowest BCUT2D eigenvalue weighted by Gasteiger charge is -2.05. The van der Waals surface area contributed by atoms with Gasteiger partial charge in [-0.25, -0.2) is 9.48 Å². The van der Waals surface area contributed by atoms with Crippen LogP contribution in [0.2, 0.25) is 0 Å². The fourth-order valence-corrected chi connectivity index (χ4v) is 2.39. The Hall–Kier alpha value is -1.62. The minimum Gasteiger partial charge on any atom is -0.462 e. The number of aryl methyl sites for hydroxylation is 1. The molecule has 1 heterocycles. The second kappa shape index (κ2) is 5.57. The second-order valence-electron chi connectivity index (χ2n) is 4.16. The zero-order valence-electron chi connectivity index (χ0n) is 11.1. The summed E-state index contributed by atoms with van der Waals surface area (Å²) in [7, 11) is 0. The van der Waals surface area contributed by atoms with Gasteiger partial charge >= 0.3 is 5.97 Å². The quantitative estimate of drug-likeness (QED) is 0.813. The Morgan fingerprint density at radius 2 is 2.16 bits per heavy atom. The van der Waals surface area contributed by atoms with Crippen molar-refractivity contribution in [3.05, 3.63) is 45.7 Å². The SMILES string of the molecule is CCOC(=O)c1c(C)nn(-c2cccc(Br)c2)c1C. The minimum atomic E-state index is -0.321. The van der Waals surface area contributed by atoms with Crippen molar-refractivity contribution in [1.29, 1.82) is 0 Å². The van der Waals surface area contributed by atoms with Gasteiger partial charge in [-0.15, -0.1) is 0 Å². The van der Waals surface area contributed by atoms with E-state index in [4.69, 9.17) is 4.74 Å². The number of carbonyl (C=O) groups excluding carboxylic acids is 1. The lowest BCUT2D eigenvalue weighted by atomic mass is 10.2. The van der Waals surface area contributed by atoms with Crippen LogP contribution in [0.5, 0.6) is 0 Å². The van der Waals surface area contributed by atoms with Crippen molar-refractivity contribution < 1.29 is 9.53 Å². The van der Waals surface area contributed by atoms with E-state index < -0.39 is 0 Å². The molecule has 0 spiro atoms. The molecular formula is C14H15BrN2O2. The van der Waals surface area contributed by atoms with Gasteiger partial charge in [0, 0.05) is 4.47 Å². The maximum absolute atomic E-state index is 11.9. The molecule has 4 nitrogen and oxygen atoms in total. The first-order valence-corrected chi connectivity index (χ1v) is 6.83. The zero-order valence-corrected chi connectivity index (χ0v) is 12.7. The first-order chi connectivity index (χ1) is 9.04. The number of benzene rings is 1. The molecule has 5 heteroatoms. The van der Waals surface area contributed by atoms with Gasteiger partial charge in [-0.3, -0.25) is 0 Å². The number of halogens is 1. The highest BCUT2D eigenvalue weighted by Crippen LogP contribution is 2.21. The third kappa shape index (κ3) is 2.71. The van der Waals surface area contributed by atoms with E-state index in [9.17, 15) is 4.79 Å². The van der Waals surface area contributed by atoms with Crippen LogP contribution in [0.4, 0.5) is 0 Å². The number of hydrogen-bond acceptors (Lipinski definition) is 3. The molecule has 2 rings (SSSR count). The van der Waals surface area contributed by atoms with Crippen molar-refractivity contribution in [3.8, 4) is 5.69 Å². The second-order valence-corrected chi connectivity index (χ2v) is 5.07. The smallest absolute Gasteiger partial charge is 0.341 e. The van der Waals surface area contributed by atoms with Crippen LogP contribution >= 0.6 is 15.9 Å². The molecule has 0 aliphatic rings. The summed E-state index contributed by atoms with van der Waals surface area (Å²) in [5, 5.41) is 4.42. The van der Waals surface area contributed by atoms with E-state index >= 15 is 0 Å². The molecule has 2 aromatic rings. The molecule has 100 valence electrons. The summed E-state index contributed by atoms with van der Waals surface area (Å²) in [4.78, 5) is 11.9. The van der Waals surface area contributed by atoms with Crippen LogP contribution in [0.25, 0.3) is 5.69 Å². The summed E-state index contributed by atoms with van der Waals surface area (Å²) in [5.74, 6) is -0.321. The molecule has 0 aliphatic carbocycles. The van der Waals surface area contributed by atoms with Crippen molar-refractivity contribution in [1.82, 2.24) is 9.78 Å². The highest BCUT2D eigenvalue weighted by atomic mass is 79.9. The maximum atomic E-state index is 11.9. The molecule has 1 aromatic carbocycles. The molecule has 0 bridgehead atoms. The number of nitrogens with zero attached hydrogens (tertiary/aromatic N) is 2. The van der Waals surface area contributed by atoms with Crippen LogP contribution in [0.3, 0.4) is 0 Å². The van der Waals surface area contributed by atoms with Gasteiger partial charge in [-0.1, -0.05) is 22.0 Å². The third-order valence-corrected chi connectivity index (χ3v) is 3.32. The summed E-state index contributed by atoms with van der Waals surface area (Å²) >= 11 is 3.43. The van der Waals surface area contributed by atoms with Crippen LogP contribution in [0.15, 0.2) is 28.7 Å². The van der Waals surface area contributed by atoms with Crippen molar-refractivity contribution in [3.63, 3.8) is 0 Å². The van der Waals surface area contributed by atoms with E-state index in [0.29, 0.717) is 17.9 Å². The van der Waals surface area contributed by atoms with Crippen LogP contribution in [0.1, 0.15) is 28.7 Å². The summed E-state index contributed by atoms with van der Waals surface area (Å²) in [5.41, 5.74) is 2.91. The first kappa shape index (κ1) is 13.8. The topological polar surface area (TPSA) is 44.1 Å². The highest BCUT2D eigenvalue weighted by molar-refractivity contribution is 9.10. The van der Waals surface area contributed by atoms with Gasteiger partial charge in [0.15, 0.2) is 0 Å². The van der Waals surface area contributed by atoms with Gasteiger partial charge < -0.3 is 4.74 Å². The van der Waals surface area contributed by atoms with Gasteiger partial charge in [-0.2, -0.15) is 5.10 Å². The van der Waals surface area contributed by atoms with E-state index in [2.05, 4.69) is 21.0 Å². The Balaban J connectivity index is 2.50. The first-order valence-electron chi connectivity index (χ1n) is 6.04. The molecule has 0 aliphatic heterocycles. The number of aromatic nitrogens is 2. The standard InChI is InChI=1S/C14H15BrN2O2/c1-4-19-14(18)13-9(2)16-17(10(13)3)12-7-5-6-11(15)8-12/h5-8H,4H2,1-3H3. The fraction of sp³-hybridized carbons (Fsp3) is 0.286. The molecular weight excluding hydrogens is 308 g/mol. The number of esters is 1. The number of carbonyl (C=O) groups is 1. The molecule has 0 N–H and O–H groups in total.